The van der Waals surface area contributed by atoms with Gasteiger partial charge in [0.15, 0.2) is 0 Å². The molecule has 1 unspecified atom stereocenters. The summed E-state index contributed by atoms with van der Waals surface area (Å²) >= 11 is 0. The Morgan fingerprint density at radius 1 is 1.10 bits per heavy atom. The third kappa shape index (κ3) is 4.41. The molecular weight excluding hydrogens is 248 g/mol. The van der Waals surface area contributed by atoms with Crippen LogP contribution in [0.25, 0.3) is 0 Å². The van der Waals surface area contributed by atoms with Gasteiger partial charge in [0.2, 0.25) is 0 Å². The predicted molar refractivity (Wildman–Crippen MR) is 85.5 cm³/mol. The van der Waals surface area contributed by atoms with E-state index in [1.165, 1.54) is 31.6 Å². The maximum Gasteiger partial charge on any atom is 0.119 e. The van der Waals surface area contributed by atoms with E-state index in [9.17, 15) is 0 Å². The maximum absolute atomic E-state index is 5.67. The quantitative estimate of drug-likeness (QED) is 0.889. The van der Waals surface area contributed by atoms with Crippen molar-refractivity contribution < 1.29 is 4.74 Å². The van der Waals surface area contributed by atoms with Gasteiger partial charge < -0.3 is 15.0 Å². The molecule has 0 saturated carbocycles. The molecule has 0 bridgehead atoms. The molecule has 20 heavy (non-hydrogen) atoms. The lowest BCUT2D eigenvalue weighted by molar-refractivity contribution is 0.208. The number of hydrogen-bond acceptors (Lipinski definition) is 3. The zero-order chi connectivity index (χ0) is 14.5. The zero-order valence-electron chi connectivity index (χ0n) is 13.2. The van der Waals surface area contributed by atoms with Crippen LogP contribution in [0.1, 0.15) is 33.6 Å². The summed E-state index contributed by atoms with van der Waals surface area (Å²) in [5.74, 6) is 1.72. The van der Waals surface area contributed by atoms with Crippen molar-refractivity contribution in [3.63, 3.8) is 0 Å². The summed E-state index contributed by atoms with van der Waals surface area (Å²) in [7, 11) is 2.21. The summed E-state index contributed by atoms with van der Waals surface area (Å²) in [5, 5.41) is 3.63. The molecule has 1 saturated heterocycles. The largest absolute Gasteiger partial charge is 0.491 e. The van der Waals surface area contributed by atoms with Gasteiger partial charge in [0.1, 0.15) is 5.75 Å². The second-order valence-corrected chi connectivity index (χ2v) is 6.26. The van der Waals surface area contributed by atoms with Gasteiger partial charge in [-0.15, -0.1) is 0 Å². The number of hydrogen-bond donors (Lipinski definition) is 1. The molecule has 1 aromatic rings. The fourth-order valence-corrected chi connectivity index (χ4v) is 2.81. The Morgan fingerprint density at radius 2 is 1.70 bits per heavy atom. The molecule has 0 radical (unpaired) electrons. The first kappa shape index (κ1) is 15.2. The van der Waals surface area contributed by atoms with Gasteiger partial charge in [-0.05, 0) is 83.9 Å². The van der Waals surface area contributed by atoms with Crippen LogP contribution in [-0.4, -0.2) is 37.2 Å². The van der Waals surface area contributed by atoms with Gasteiger partial charge in [-0.2, -0.15) is 0 Å². The van der Waals surface area contributed by atoms with E-state index >= 15 is 0 Å². The van der Waals surface area contributed by atoms with Crippen molar-refractivity contribution in [1.29, 1.82) is 0 Å². The second kappa shape index (κ2) is 6.98. The zero-order valence-corrected chi connectivity index (χ0v) is 13.2. The molecular formula is C17H28N2O. The lowest BCUT2D eigenvalue weighted by Gasteiger charge is -2.33. The fourth-order valence-electron chi connectivity index (χ4n) is 2.81. The number of nitrogens with zero attached hydrogens (tertiary/aromatic N) is 1. The highest BCUT2D eigenvalue weighted by molar-refractivity contribution is 5.47. The molecule has 1 fully saturated rings. The monoisotopic (exact) mass is 276 g/mol. The SMILES string of the molecule is CC(C)Oc1ccc(NC(C)C2CCN(C)CC2)cc1. The smallest absolute Gasteiger partial charge is 0.119 e. The van der Waals surface area contributed by atoms with Crippen LogP contribution < -0.4 is 10.1 Å². The molecule has 1 N–H and O–H groups in total. The van der Waals surface area contributed by atoms with Gasteiger partial charge in [-0.1, -0.05) is 0 Å². The van der Waals surface area contributed by atoms with Crippen molar-refractivity contribution >= 4 is 5.69 Å². The highest BCUT2D eigenvalue weighted by Gasteiger charge is 2.21. The molecule has 0 aliphatic carbocycles. The van der Waals surface area contributed by atoms with Gasteiger partial charge in [-0.3, -0.25) is 0 Å². The minimum atomic E-state index is 0.229. The highest BCUT2D eigenvalue weighted by Crippen LogP contribution is 2.24. The van der Waals surface area contributed by atoms with Crippen molar-refractivity contribution in [2.24, 2.45) is 5.92 Å². The van der Waals surface area contributed by atoms with Crippen LogP contribution in [0.3, 0.4) is 0 Å². The number of rotatable bonds is 5. The molecule has 0 spiro atoms. The third-order valence-corrected chi connectivity index (χ3v) is 4.09. The average Bonchev–Trinajstić information content (AvgIpc) is 2.41. The van der Waals surface area contributed by atoms with E-state index in [0.29, 0.717) is 6.04 Å². The number of piperidine rings is 1. The molecule has 1 aliphatic heterocycles. The first-order valence-corrected chi connectivity index (χ1v) is 7.76. The molecule has 1 atom stereocenters. The number of likely N-dealkylation sites (tertiary alicyclic amines) is 1. The van der Waals surface area contributed by atoms with Gasteiger partial charge in [-0.25, -0.2) is 0 Å². The fraction of sp³-hybridized carbons (Fsp3) is 0.647. The van der Waals surface area contributed by atoms with Crippen molar-refractivity contribution in [2.75, 3.05) is 25.5 Å². The Morgan fingerprint density at radius 3 is 2.25 bits per heavy atom. The van der Waals surface area contributed by atoms with E-state index < -0.39 is 0 Å². The molecule has 112 valence electrons. The lowest BCUT2D eigenvalue weighted by Crippen LogP contribution is -2.37. The van der Waals surface area contributed by atoms with E-state index in [4.69, 9.17) is 4.74 Å². The summed E-state index contributed by atoms with van der Waals surface area (Å²) in [6.07, 6.45) is 2.81. The van der Waals surface area contributed by atoms with Crippen LogP contribution in [0.2, 0.25) is 0 Å². The van der Waals surface area contributed by atoms with E-state index in [1.807, 2.05) is 26.0 Å². The van der Waals surface area contributed by atoms with Gasteiger partial charge in [0, 0.05) is 11.7 Å². The molecule has 0 aromatic heterocycles. The van der Waals surface area contributed by atoms with Crippen LogP contribution >= 0.6 is 0 Å². The average molecular weight is 276 g/mol. The highest BCUT2D eigenvalue weighted by atomic mass is 16.5. The molecule has 0 amide bonds. The van der Waals surface area contributed by atoms with Crippen LogP contribution in [0.15, 0.2) is 24.3 Å². The second-order valence-electron chi connectivity index (χ2n) is 6.26. The molecule has 1 aromatic carbocycles. The normalized spacial score (nSPS) is 19.1. The van der Waals surface area contributed by atoms with Gasteiger partial charge >= 0.3 is 0 Å². The number of anilines is 1. The van der Waals surface area contributed by atoms with Crippen molar-refractivity contribution in [2.45, 2.75) is 45.8 Å². The lowest BCUT2D eigenvalue weighted by atomic mass is 9.90. The summed E-state index contributed by atoms with van der Waals surface area (Å²) < 4.78 is 5.67. The maximum atomic E-state index is 5.67. The van der Waals surface area contributed by atoms with Crippen molar-refractivity contribution in [1.82, 2.24) is 4.90 Å². The number of nitrogens with one attached hydrogen (secondary N) is 1. The Balaban J connectivity index is 1.86. The molecule has 2 rings (SSSR count). The van der Waals surface area contributed by atoms with E-state index in [2.05, 4.69) is 36.3 Å². The summed E-state index contributed by atoms with van der Waals surface area (Å²) in [6.45, 7) is 8.84. The Bertz CT molecular complexity index is 394. The van der Waals surface area contributed by atoms with Gasteiger partial charge in [0.25, 0.3) is 0 Å². The van der Waals surface area contributed by atoms with E-state index in [1.54, 1.807) is 0 Å². The van der Waals surface area contributed by atoms with Gasteiger partial charge in [0.05, 0.1) is 6.10 Å². The summed E-state index contributed by atoms with van der Waals surface area (Å²) in [5.41, 5.74) is 1.19. The number of ether oxygens (including phenoxy) is 1. The third-order valence-electron chi connectivity index (χ3n) is 4.09. The minimum absolute atomic E-state index is 0.229. The Kier molecular flexibility index (Phi) is 5.30. The predicted octanol–water partition coefficient (Wildman–Crippen LogP) is 3.62. The summed E-state index contributed by atoms with van der Waals surface area (Å²) in [6, 6.07) is 8.85. The Hall–Kier alpha value is -1.22. The summed E-state index contributed by atoms with van der Waals surface area (Å²) in [4.78, 5) is 2.42. The topological polar surface area (TPSA) is 24.5 Å². The molecule has 3 heteroatoms. The number of benzene rings is 1. The first-order valence-electron chi connectivity index (χ1n) is 7.76. The van der Waals surface area contributed by atoms with Crippen LogP contribution in [0.4, 0.5) is 5.69 Å². The minimum Gasteiger partial charge on any atom is -0.491 e. The van der Waals surface area contributed by atoms with Crippen LogP contribution in [0, 0.1) is 5.92 Å². The van der Waals surface area contributed by atoms with Crippen molar-refractivity contribution in [3.05, 3.63) is 24.3 Å². The first-order chi connectivity index (χ1) is 9.54. The van der Waals surface area contributed by atoms with E-state index in [0.717, 1.165) is 11.7 Å². The van der Waals surface area contributed by atoms with Crippen molar-refractivity contribution in [3.8, 4) is 5.75 Å². The molecule has 1 heterocycles. The van der Waals surface area contributed by atoms with Crippen LogP contribution in [0.5, 0.6) is 5.75 Å². The standard InChI is InChI=1S/C17H28N2O/c1-13(2)20-17-7-5-16(6-8-17)18-14(3)15-9-11-19(4)12-10-15/h5-8,13-15,18H,9-12H2,1-4H3. The Labute approximate surface area is 123 Å². The molecule has 3 nitrogen and oxygen atoms in total. The van der Waals surface area contributed by atoms with E-state index in [-0.39, 0.29) is 6.10 Å². The van der Waals surface area contributed by atoms with Crippen LogP contribution in [-0.2, 0) is 0 Å². The molecule has 1 aliphatic rings.